The summed E-state index contributed by atoms with van der Waals surface area (Å²) < 4.78 is 110. The first-order valence-corrected chi connectivity index (χ1v) is 13.4. The summed E-state index contributed by atoms with van der Waals surface area (Å²) in [5, 5.41) is 1.02. The van der Waals surface area contributed by atoms with Crippen molar-refractivity contribution in [3.05, 3.63) is 96.0 Å². The maximum absolute atomic E-state index is 14.4. The van der Waals surface area contributed by atoms with E-state index in [0.29, 0.717) is 11.1 Å². The average Bonchev–Trinajstić information content (AvgIpc) is 3.30. The van der Waals surface area contributed by atoms with Crippen LogP contribution in [-0.2, 0) is 17.0 Å². The summed E-state index contributed by atoms with van der Waals surface area (Å²) in [6.45, 7) is 1.35. The molecule has 0 fully saturated rings. The van der Waals surface area contributed by atoms with Gasteiger partial charge >= 0.3 is 12.5 Å². The normalized spacial score (nSPS) is 13.2. The van der Waals surface area contributed by atoms with Crippen molar-refractivity contribution in [2.75, 3.05) is 11.3 Å². The molecule has 0 spiro atoms. The summed E-state index contributed by atoms with van der Waals surface area (Å²) in [4.78, 5) is 3.79. The molecule has 0 amide bonds. The van der Waals surface area contributed by atoms with Crippen LogP contribution in [0.2, 0.25) is 0 Å². The fourth-order valence-corrected chi connectivity index (χ4v) is 4.69. The number of hydrogen-bond acceptors (Lipinski definition) is 6. The van der Waals surface area contributed by atoms with Crippen LogP contribution in [0.5, 0.6) is 5.75 Å². The topological polar surface area (TPSA) is 99.4 Å². The Morgan fingerprint density at radius 1 is 1.00 bits per heavy atom. The molecule has 4 aromatic rings. The van der Waals surface area contributed by atoms with Crippen molar-refractivity contribution in [3.63, 3.8) is 0 Å². The average molecular weight is 614 g/mol. The van der Waals surface area contributed by atoms with Gasteiger partial charge in [0.25, 0.3) is 0 Å². The van der Waals surface area contributed by atoms with Crippen molar-refractivity contribution >= 4 is 22.2 Å². The molecule has 1 atom stereocenters. The fraction of sp³-hybridized carbons (Fsp3) is 0.148. The number of aromatic nitrogens is 2. The standard InChI is InChI=1S/C27H22F7N5O2S/c1-15-37-25(26(29,30)31)14-38(15)22-8-5-17(18-9-19(28)12-21(10-18)42(2)40)11-23(22)39(36)24(13-35)16-3-6-20(7-4-16)41-27(32,33)34/h3-14H,35-36H2,1-2H3/b24-13-. The van der Waals surface area contributed by atoms with Crippen LogP contribution < -0.4 is 21.3 Å². The van der Waals surface area contributed by atoms with Gasteiger partial charge in [0, 0.05) is 39.9 Å². The van der Waals surface area contributed by atoms with Crippen LogP contribution in [0.15, 0.2) is 78.0 Å². The fourth-order valence-electron chi connectivity index (χ4n) is 4.12. The highest BCUT2D eigenvalue weighted by Crippen LogP contribution is 2.37. The predicted molar refractivity (Wildman–Crippen MR) is 143 cm³/mol. The van der Waals surface area contributed by atoms with Crippen LogP contribution in [0.3, 0.4) is 0 Å². The maximum atomic E-state index is 14.4. The van der Waals surface area contributed by atoms with Crippen molar-refractivity contribution in [2.45, 2.75) is 24.4 Å². The Hall–Kier alpha value is -4.37. The van der Waals surface area contributed by atoms with Crippen molar-refractivity contribution in [1.82, 2.24) is 9.55 Å². The van der Waals surface area contributed by atoms with E-state index in [1.807, 2.05) is 0 Å². The molecule has 0 saturated heterocycles. The van der Waals surface area contributed by atoms with Gasteiger partial charge in [-0.2, -0.15) is 13.2 Å². The molecule has 3 aromatic carbocycles. The number of nitrogens with zero attached hydrogens (tertiary/aromatic N) is 3. The summed E-state index contributed by atoms with van der Waals surface area (Å²) in [5.41, 5.74) is 5.81. The van der Waals surface area contributed by atoms with E-state index in [4.69, 9.17) is 11.6 Å². The summed E-state index contributed by atoms with van der Waals surface area (Å²) >= 11 is 0. The summed E-state index contributed by atoms with van der Waals surface area (Å²) in [6, 6.07) is 12.7. The molecular weight excluding hydrogens is 591 g/mol. The number of rotatable bonds is 7. The van der Waals surface area contributed by atoms with Gasteiger partial charge in [-0.1, -0.05) is 6.07 Å². The Morgan fingerprint density at radius 2 is 1.67 bits per heavy atom. The van der Waals surface area contributed by atoms with Gasteiger partial charge < -0.3 is 15.0 Å². The molecule has 0 radical (unpaired) electrons. The van der Waals surface area contributed by atoms with Gasteiger partial charge in [-0.15, -0.1) is 13.2 Å². The highest BCUT2D eigenvalue weighted by Gasteiger charge is 2.35. The van der Waals surface area contributed by atoms with E-state index in [1.165, 1.54) is 55.6 Å². The lowest BCUT2D eigenvalue weighted by Gasteiger charge is -2.26. The van der Waals surface area contributed by atoms with E-state index in [1.54, 1.807) is 0 Å². The lowest BCUT2D eigenvalue weighted by molar-refractivity contribution is -0.274. The van der Waals surface area contributed by atoms with Gasteiger partial charge in [-0.3, -0.25) is 9.22 Å². The summed E-state index contributed by atoms with van der Waals surface area (Å²) in [7, 11) is -1.52. The zero-order valence-electron chi connectivity index (χ0n) is 21.8. The van der Waals surface area contributed by atoms with Gasteiger partial charge in [0.15, 0.2) is 5.69 Å². The van der Waals surface area contributed by atoms with E-state index in [0.717, 1.165) is 40.2 Å². The monoisotopic (exact) mass is 613 g/mol. The van der Waals surface area contributed by atoms with E-state index in [-0.39, 0.29) is 33.4 Å². The third kappa shape index (κ3) is 6.74. The number of ether oxygens (including phenoxy) is 1. The molecule has 0 bridgehead atoms. The van der Waals surface area contributed by atoms with E-state index in [2.05, 4.69) is 9.72 Å². The Balaban J connectivity index is 1.87. The lowest BCUT2D eigenvalue weighted by atomic mass is 10.0. The number of aryl methyl sites for hydroxylation is 1. The Bertz CT molecular complexity index is 1670. The number of nitrogens with two attached hydrogens (primary N) is 2. The number of imidazole rings is 1. The second kappa shape index (κ2) is 11.5. The van der Waals surface area contributed by atoms with Gasteiger partial charge in [0.2, 0.25) is 0 Å². The van der Waals surface area contributed by atoms with Crippen molar-refractivity contribution < 1.29 is 39.7 Å². The lowest BCUT2D eigenvalue weighted by Crippen LogP contribution is -2.31. The summed E-state index contributed by atoms with van der Waals surface area (Å²) in [5.74, 6) is 5.24. The Morgan fingerprint density at radius 3 is 2.21 bits per heavy atom. The van der Waals surface area contributed by atoms with E-state index in [9.17, 15) is 34.9 Å². The minimum Gasteiger partial charge on any atom is -0.406 e. The number of anilines is 1. The number of alkyl halides is 6. The minimum atomic E-state index is -4.91. The first-order chi connectivity index (χ1) is 19.6. The SMILES string of the molecule is Cc1nc(C(F)(F)F)cn1-c1ccc(-c2cc(F)cc(S(C)=O)c2)cc1N(N)/C(=C\N)c1ccc(OC(F)(F)F)cc1. The molecule has 42 heavy (non-hydrogen) atoms. The number of hydrogen-bond donors (Lipinski definition) is 2. The summed E-state index contributed by atoms with van der Waals surface area (Å²) in [6.07, 6.45) is -6.45. The van der Waals surface area contributed by atoms with Gasteiger partial charge in [-0.25, -0.2) is 15.2 Å². The van der Waals surface area contributed by atoms with Gasteiger partial charge in [0.1, 0.15) is 17.4 Å². The number of benzene rings is 3. The Labute approximate surface area is 237 Å². The first-order valence-electron chi connectivity index (χ1n) is 11.8. The molecule has 15 heteroatoms. The molecule has 7 nitrogen and oxygen atoms in total. The zero-order valence-corrected chi connectivity index (χ0v) is 22.6. The molecule has 1 heterocycles. The smallest absolute Gasteiger partial charge is 0.406 e. The number of halogens is 7. The number of hydrazine groups is 1. The quantitative estimate of drug-likeness (QED) is 0.145. The molecular formula is C27H22F7N5O2S. The van der Waals surface area contributed by atoms with Crippen molar-refractivity contribution in [3.8, 4) is 22.6 Å². The molecule has 0 saturated carbocycles. The molecule has 4 rings (SSSR count). The second-order valence-corrected chi connectivity index (χ2v) is 10.2. The molecule has 0 aliphatic rings. The first kappa shape index (κ1) is 30.6. The minimum absolute atomic E-state index is 0.0360. The van der Waals surface area contributed by atoms with E-state index < -0.39 is 40.6 Å². The van der Waals surface area contributed by atoms with Gasteiger partial charge in [-0.05, 0) is 72.6 Å². The third-order valence-corrected chi connectivity index (χ3v) is 6.90. The van der Waals surface area contributed by atoms with Crippen LogP contribution in [-0.4, -0.2) is 26.4 Å². The van der Waals surface area contributed by atoms with E-state index >= 15 is 0 Å². The molecule has 0 aliphatic carbocycles. The van der Waals surface area contributed by atoms with Crippen LogP contribution in [0.1, 0.15) is 17.1 Å². The zero-order chi connectivity index (χ0) is 31.0. The van der Waals surface area contributed by atoms with Crippen molar-refractivity contribution in [2.24, 2.45) is 11.6 Å². The van der Waals surface area contributed by atoms with Crippen LogP contribution in [0.4, 0.5) is 36.4 Å². The largest absolute Gasteiger partial charge is 0.573 e. The second-order valence-electron chi connectivity index (χ2n) is 8.87. The maximum Gasteiger partial charge on any atom is 0.573 e. The molecule has 4 N–H and O–H groups in total. The highest BCUT2D eigenvalue weighted by atomic mass is 32.2. The predicted octanol–water partition coefficient (Wildman–Crippen LogP) is 6.28. The van der Waals surface area contributed by atoms with Crippen LogP contribution in [0.25, 0.3) is 22.5 Å². The molecule has 0 aliphatic heterocycles. The van der Waals surface area contributed by atoms with Gasteiger partial charge in [0.05, 0.1) is 17.1 Å². The van der Waals surface area contributed by atoms with Crippen LogP contribution >= 0.6 is 0 Å². The molecule has 1 aromatic heterocycles. The molecule has 222 valence electrons. The highest BCUT2D eigenvalue weighted by molar-refractivity contribution is 7.84. The third-order valence-electron chi connectivity index (χ3n) is 6.00. The van der Waals surface area contributed by atoms with Crippen molar-refractivity contribution in [1.29, 1.82) is 0 Å². The molecule has 1 unspecified atom stereocenters. The Kier molecular flexibility index (Phi) is 8.36. The van der Waals surface area contributed by atoms with Crippen LogP contribution in [0, 0.1) is 12.7 Å².